The smallest absolute Gasteiger partial charge is 0.237 e. The molecule has 1 amide bonds. The lowest BCUT2D eigenvalue weighted by molar-refractivity contribution is -0.123. The molecule has 1 aliphatic rings. The average molecular weight is 284 g/mol. The summed E-state index contributed by atoms with van der Waals surface area (Å²) >= 11 is 0. The number of hydrogen-bond acceptors (Lipinski definition) is 2. The molecule has 1 unspecified atom stereocenters. The predicted molar refractivity (Wildman–Crippen MR) is 83.5 cm³/mol. The lowest BCUT2D eigenvalue weighted by atomic mass is 9.83. The first kappa shape index (κ1) is 15.6. The molecule has 3 heteroatoms. The Bertz CT molecular complexity index is 498. The van der Waals surface area contributed by atoms with Crippen molar-refractivity contribution in [2.24, 2.45) is 11.3 Å². The van der Waals surface area contributed by atoms with Crippen molar-refractivity contribution in [2.45, 2.75) is 45.4 Å². The summed E-state index contributed by atoms with van der Waals surface area (Å²) in [6.07, 6.45) is 6.50. The Morgan fingerprint density at radius 3 is 2.57 bits per heavy atom. The van der Waals surface area contributed by atoms with Gasteiger partial charge in [0.2, 0.25) is 5.91 Å². The van der Waals surface area contributed by atoms with E-state index in [0.717, 1.165) is 18.5 Å². The van der Waals surface area contributed by atoms with Crippen molar-refractivity contribution in [3.05, 3.63) is 35.9 Å². The number of nitrogens with zero attached hydrogens (tertiary/aromatic N) is 1. The van der Waals surface area contributed by atoms with Crippen molar-refractivity contribution in [3.63, 3.8) is 0 Å². The van der Waals surface area contributed by atoms with Crippen LogP contribution >= 0.6 is 0 Å². The number of nitrogens with one attached hydrogen (secondary N) is 1. The van der Waals surface area contributed by atoms with Crippen LogP contribution in [0.4, 0.5) is 0 Å². The quantitative estimate of drug-likeness (QED) is 0.869. The van der Waals surface area contributed by atoms with Crippen molar-refractivity contribution in [1.82, 2.24) is 5.32 Å². The Morgan fingerprint density at radius 2 is 2.00 bits per heavy atom. The van der Waals surface area contributed by atoms with E-state index in [1.807, 2.05) is 30.3 Å². The van der Waals surface area contributed by atoms with Crippen LogP contribution in [0.1, 0.15) is 44.6 Å². The van der Waals surface area contributed by atoms with Crippen LogP contribution in [0, 0.1) is 22.7 Å². The summed E-state index contributed by atoms with van der Waals surface area (Å²) in [4.78, 5) is 12.3. The summed E-state index contributed by atoms with van der Waals surface area (Å²) in [6.45, 7) is 2.92. The fraction of sp³-hybridized carbons (Fsp3) is 0.556. The highest BCUT2D eigenvalue weighted by Crippen LogP contribution is 2.40. The van der Waals surface area contributed by atoms with Crippen molar-refractivity contribution >= 4 is 5.91 Å². The van der Waals surface area contributed by atoms with Gasteiger partial charge >= 0.3 is 0 Å². The maximum absolute atomic E-state index is 12.3. The first-order valence-electron chi connectivity index (χ1n) is 7.90. The lowest BCUT2D eigenvalue weighted by Crippen LogP contribution is -2.39. The number of carbonyl (C=O) groups excluding carboxylic acids is 1. The highest BCUT2D eigenvalue weighted by Gasteiger charge is 2.33. The Morgan fingerprint density at radius 1 is 1.33 bits per heavy atom. The molecule has 0 aromatic heterocycles. The van der Waals surface area contributed by atoms with Crippen molar-refractivity contribution in [1.29, 1.82) is 5.26 Å². The zero-order valence-corrected chi connectivity index (χ0v) is 12.8. The minimum absolute atomic E-state index is 0.124. The Labute approximate surface area is 127 Å². The van der Waals surface area contributed by atoms with Gasteiger partial charge in [-0.2, -0.15) is 5.26 Å². The van der Waals surface area contributed by atoms with E-state index in [2.05, 4.69) is 18.3 Å². The predicted octanol–water partition coefficient (Wildman–Crippen LogP) is 3.46. The molecule has 1 fully saturated rings. The van der Waals surface area contributed by atoms with Crippen LogP contribution in [-0.4, -0.2) is 12.5 Å². The Balaban J connectivity index is 1.90. The number of benzene rings is 1. The third-order valence-corrected chi connectivity index (χ3v) is 4.81. The monoisotopic (exact) mass is 284 g/mol. The zero-order valence-electron chi connectivity index (χ0n) is 12.8. The number of rotatable bonds is 6. The van der Waals surface area contributed by atoms with Crippen LogP contribution < -0.4 is 5.32 Å². The molecule has 2 rings (SSSR count). The number of carbonyl (C=O) groups is 1. The molecule has 1 aromatic carbocycles. The Hall–Kier alpha value is -1.82. The van der Waals surface area contributed by atoms with Gasteiger partial charge in [-0.1, -0.05) is 50.1 Å². The van der Waals surface area contributed by atoms with Crippen molar-refractivity contribution < 1.29 is 4.79 Å². The second-order valence-corrected chi connectivity index (χ2v) is 6.15. The van der Waals surface area contributed by atoms with Gasteiger partial charge in [0.25, 0.3) is 0 Å². The standard InChI is InChI=1S/C18H24N2O/c1-2-18(10-6-7-11-18)14-20-17(21)16(13-19)12-15-8-4-3-5-9-15/h3-5,8-9,16H,2,6-7,10-12,14H2,1H3,(H,20,21). The molecule has 0 bridgehead atoms. The Kier molecular flexibility index (Phi) is 5.38. The van der Waals surface area contributed by atoms with Crippen LogP contribution in [0.3, 0.4) is 0 Å². The third-order valence-electron chi connectivity index (χ3n) is 4.81. The maximum Gasteiger partial charge on any atom is 0.237 e. The lowest BCUT2D eigenvalue weighted by Gasteiger charge is -2.28. The normalized spacial score (nSPS) is 17.9. The van der Waals surface area contributed by atoms with Crippen LogP contribution in [0.5, 0.6) is 0 Å². The highest BCUT2D eigenvalue weighted by atomic mass is 16.1. The fourth-order valence-electron chi connectivity index (χ4n) is 3.22. The van der Waals surface area contributed by atoms with E-state index < -0.39 is 5.92 Å². The average Bonchev–Trinajstić information content (AvgIpc) is 3.01. The van der Waals surface area contributed by atoms with E-state index >= 15 is 0 Å². The molecular formula is C18H24N2O. The number of hydrogen-bond donors (Lipinski definition) is 1. The van der Waals surface area contributed by atoms with Gasteiger partial charge in [-0.15, -0.1) is 0 Å². The minimum atomic E-state index is -0.595. The molecule has 21 heavy (non-hydrogen) atoms. The van der Waals surface area contributed by atoms with Gasteiger partial charge < -0.3 is 5.32 Å². The number of nitriles is 1. The summed E-state index contributed by atoms with van der Waals surface area (Å²) in [5.74, 6) is -0.719. The van der Waals surface area contributed by atoms with E-state index in [1.165, 1.54) is 25.7 Å². The SMILES string of the molecule is CCC1(CNC(=O)C(C#N)Cc2ccccc2)CCCC1. The summed E-state index contributed by atoms with van der Waals surface area (Å²) in [5.41, 5.74) is 1.30. The summed E-state index contributed by atoms with van der Waals surface area (Å²) < 4.78 is 0. The van der Waals surface area contributed by atoms with Gasteiger partial charge in [0.15, 0.2) is 0 Å². The van der Waals surface area contributed by atoms with Crippen LogP contribution in [-0.2, 0) is 11.2 Å². The van der Waals surface area contributed by atoms with E-state index in [-0.39, 0.29) is 11.3 Å². The topological polar surface area (TPSA) is 52.9 Å². The molecule has 0 radical (unpaired) electrons. The molecule has 1 atom stereocenters. The molecule has 0 saturated heterocycles. The first-order valence-corrected chi connectivity index (χ1v) is 7.90. The maximum atomic E-state index is 12.3. The molecule has 1 saturated carbocycles. The summed E-state index contributed by atoms with van der Waals surface area (Å²) in [5, 5.41) is 12.3. The van der Waals surface area contributed by atoms with E-state index in [4.69, 9.17) is 0 Å². The molecule has 0 spiro atoms. The van der Waals surface area contributed by atoms with Gasteiger partial charge in [0.1, 0.15) is 5.92 Å². The minimum Gasteiger partial charge on any atom is -0.354 e. The molecular weight excluding hydrogens is 260 g/mol. The van der Waals surface area contributed by atoms with E-state index in [9.17, 15) is 10.1 Å². The molecule has 1 aliphatic carbocycles. The first-order chi connectivity index (χ1) is 10.2. The third kappa shape index (κ3) is 4.07. The largest absolute Gasteiger partial charge is 0.354 e. The van der Waals surface area contributed by atoms with E-state index in [0.29, 0.717) is 6.42 Å². The second-order valence-electron chi connectivity index (χ2n) is 6.15. The molecule has 112 valence electrons. The molecule has 0 heterocycles. The number of amides is 1. The van der Waals surface area contributed by atoms with Gasteiger partial charge in [-0.25, -0.2) is 0 Å². The molecule has 0 aliphatic heterocycles. The van der Waals surface area contributed by atoms with Gasteiger partial charge in [-0.3, -0.25) is 4.79 Å². The van der Waals surface area contributed by atoms with Gasteiger partial charge in [0, 0.05) is 6.54 Å². The second kappa shape index (κ2) is 7.26. The zero-order chi connectivity index (χ0) is 15.1. The molecule has 1 N–H and O–H groups in total. The van der Waals surface area contributed by atoms with Crippen LogP contribution in [0.15, 0.2) is 30.3 Å². The van der Waals surface area contributed by atoms with Crippen molar-refractivity contribution in [2.75, 3.05) is 6.54 Å². The van der Waals surface area contributed by atoms with Gasteiger partial charge in [0.05, 0.1) is 6.07 Å². The molecule has 1 aromatic rings. The van der Waals surface area contributed by atoms with Gasteiger partial charge in [-0.05, 0) is 36.7 Å². The molecule has 3 nitrogen and oxygen atoms in total. The van der Waals surface area contributed by atoms with E-state index in [1.54, 1.807) is 0 Å². The summed E-state index contributed by atoms with van der Waals surface area (Å²) in [6, 6.07) is 11.9. The van der Waals surface area contributed by atoms with Crippen LogP contribution in [0.25, 0.3) is 0 Å². The van der Waals surface area contributed by atoms with Crippen molar-refractivity contribution in [3.8, 4) is 6.07 Å². The fourth-order valence-corrected chi connectivity index (χ4v) is 3.22. The highest BCUT2D eigenvalue weighted by molar-refractivity contribution is 5.81. The van der Waals surface area contributed by atoms with Crippen LogP contribution in [0.2, 0.25) is 0 Å². The summed E-state index contributed by atoms with van der Waals surface area (Å²) in [7, 11) is 0.